The van der Waals surface area contributed by atoms with Crippen LogP contribution in [0.4, 0.5) is 0 Å². The number of hydrogen-bond acceptors (Lipinski definition) is 4. The number of hydrogen-bond donors (Lipinski definition) is 1. The molecule has 2 N–H and O–H groups in total. The molecule has 1 atom stereocenters. The Labute approximate surface area is 142 Å². The Morgan fingerprint density at radius 3 is 2.50 bits per heavy atom. The molecule has 0 saturated carbocycles. The van der Waals surface area contributed by atoms with Crippen molar-refractivity contribution in [1.29, 1.82) is 0 Å². The number of ketones is 1. The van der Waals surface area contributed by atoms with Crippen LogP contribution in [0.25, 0.3) is 0 Å². The molecule has 1 aromatic carbocycles. The quantitative estimate of drug-likeness (QED) is 0.772. The first kappa shape index (κ1) is 18.0. The lowest BCUT2D eigenvalue weighted by Crippen LogP contribution is -2.50. The summed E-state index contributed by atoms with van der Waals surface area (Å²) in [5.74, 6) is -0.0412. The van der Waals surface area contributed by atoms with Crippen LogP contribution >= 0.6 is 0 Å². The second-order valence-electron chi connectivity index (χ2n) is 5.88. The van der Waals surface area contributed by atoms with Crippen LogP contribution in [0.15, 0.2) is 24.3 Å². The number of primary amides is 1. The van der Waals surface area contributed by atoms with Gasteiger partial charge in [-0.3, -0.25) is 14.4 Å². The highest BCUT2D eigenvalue weighted by atomic mass is 16.5. The fourth-order valence-electron chi connectivity index (χ4n) is 2.94. The van der Waals surface area contributed by atoms with E-state index >= 15 is 0 Å². The van der Waals surface area contributed by atoms with Crippen LogP contribution < -0.4 is 10.5 Å². The van der Waals surface area contributed by atoms with E-state index in [4.69, 9.17) is 10.5 Å². The predicted octanol–water partition coefficient (Wildman–Crippen LogP) is 1.91. The summed E-state index contributed by atoms with van der Waals surface area (Å²) in [5.41, 5.74) is 5.92. The van der Waals surface area contributed by atoms with Crippen LogP contribution in [0.2, 0.25) is 0 Å². The summed E-state index contributed by atoms with van der Waals surface area (Å²) in [6.07, 6.45) is 2.57. The molecule has 1 aliphatic heterocycles. The number of rotatable bonds is 7. The molecule has 0 bridgehead atoms. The normalized spacial score (nSPS) is 17.4. The van der Waals surface area contributed by atoms with Crippen molar-refractivity contribution in [1.82, 2.24) is 4.90 Å². The Balaban J connectivity index is 1.90. The number of nitrogens with two attached hydrogens (primary N) is 1. The minimum atomic E-state index is -0.535. The van der Waals surface area contributed by atoms with Gasteiger partial charge >= 0.3 is 0 Å². The molecule has 0 radical (unpaired) electrons. The first-order chi connectivity index (χ1) is 11.5. The van der Waals surface area contributed by atoms with Crippen LogP contribution in [0.3, 0.4) is 0 Å². The average Bonchev–Trinajstić information content (AvgIpc) is 2.60. The molecule has 130 valence electrons. The SMILES string of the molecule is CCOc1ccc(C(=O)CCC(=O)N2CCCCC2C(N)=O)cc1. The van der Waals surface area contributed by atoms with E-state index in [1.54, 1.807) is 24.3 Å². The first-order valence-electron chi connectivity index (χ1n) is 8.37. The van der Waals surface area contributed by atoms with Gasteiger partial charge in [0.15, 0.2) is 5.78 Å². The van der Waals surface area contributed by atoms with Crippen molar-refractivity contribution in [2.45, 2.75) is 45.1 Å². The van der Waals surface area contributed by atoms with E-state index in [0.717, 1.165) is 12.8 Å². The van der Waals surface area contributed by atoms with Gasteiger partial charge in [-0.05, 0) is 50.5 Å². The monoisotopic (exact) mass is 332 g/mol. The minimum absolute atomic E-state index is 0.0931. The molecule has 0 aliphatic carbocycles. The number of amides is 2. The topological polar surface area (TPSA) is 89.7 Å². The van der Waals surface area contributed by atoms with Gasteiger partial charge in [0.25, 0.3) is 0 Å². The highest BCUT2D eigenvalue weighted by molar-refractivity contribution is 5.98. The molecule has 0 aromatic heterocycles. The third kappa shape index (κ3) is 4.57. The van der Waals surface area contributed by atoms with E-state index in [1.807, 2.05) is 6.92 Å². The minimum Gasteiger partial charge on any atom is -0.494 e. The van der Waals surface area contributed by atoms with Gasteiger partial charge < -0.3 is 15.4 Å². The summed E-state index contributed by atoms with van der Waals surface area (Å²) in [4.78, 5) is 37.5. The maximum Gasteiger partial charge on any atom is 0.240 e. The smallest absolute Gasteiger partial charge is 0.240 e. The van der Waals surface area contributed by atoms with Gasteiger partial charge in [-0.15, -0.1) is 0 Å². The highest BCUT2D eigenvalue weighted by Gasteiger charge is 2.30. The molecule has 6 nitrogen and oxygen atoms in total. The van der Waals surface area contributed by atoms with Crippen LogP contribution in [-0.4, -0.2) is 41.7 Å². The lowest BCUT2D eigenvalue weighted by atomic mass is 10.00. The van der Waals surface area contributed by atoms with Crippen molar-refractivity contribution in [2.24, 2.45) is 5.73 Å². The molecule has 24 heavy (non-hydrogen) atoms. The number of Topliss-reactive ketones (excluding diaryl/α,β-unsaturated/α-hetero) is 1. The van der Waals surface area contributed by atoms with Gasteiger partial charge in [-0.1, -0.05) is 0 Å². The van der Waals surface area contributed by atoms with Crippen LogP contribution in [-0.2, 0) is 9.59 Å². The molecule has 6 heteroatoms. The van der Waals surface area contributed by atoms with Gasteiger partial charge in [-0.2, -0.15) is 0 Å². The number of likely N-dealkylation sites (tertiary alicyclic amines) is 1. The summed E-state index contributed by atoms with van der Waals surface area (Å²) in [5, 5.41) is 0. The van der Waals surface area contributed by atoms with Gasteiger partial charge in [0.2, 0.25) is 11.8 Å². The van der Waals surface area contributed by atoms with Gasteiger partial charge in [0.1, 0.15) is 11.8 Å². The number of piperidine rings is 1. The summed E-state index contributed by atoms with van der Waals surface area (Å²) < 4.78 is 5.34. The average molecular weight is 332 g/mol. The van der Waals surface area contributed by atoms with E-state index < -0.39 is 11.9 Å². The van der Waals surface area contributed by atoms with Crippen LogP contribution in [0.1, 0.15) is 49.4 Å². The zero-order valence-electron chi connectivity index (χ0n) is 14.0. The van der Waals surface area contributed by atoms with Crippen LogP contribution in [0.5, 0.6) is 5.75 Å². The lowest BCUT2D eigenvalue weighted by Gasteiger charge is -2.33. The third-order valence-corrected chi connectivity index (χ3v) is 4.20. The zero-order valence-corrected chi connectivity index (χ0v) is 14.0. The number of carbonyl (C=O) groups excluding carboxylic acids is 3. The van der Waals surface area contributed by atoms with Crippen molar-refractivity contribution in [3.05, 3.63) is 29.8 Å². The Morgan fingerprint density at radius 1 is 1.17 bits per heavy atom. The van der Waals surface area contributed by atoms with E-state index in [2.05, 4.69) is 0 Å². The fraction of sp³-hybridized carbons (Fsp3) is 0.500. The lowest BCUT2D eigenvalue weighted by molar-refractivity contribution is -0.141. The number of benzene rings is 1. The molecule has 1 aliphatic rings. The van der Waals surface area contributed by atoms with Gasteiger partial charge in [-0.25, -0.2) is 0 Å². The summed E-state index contributed by atoms with van der Waals surface area (Å²) in [7, 11) is 0. The van der Waals surface area contributed by atoms with Crippen molar-refractivity contribution in [2.75, 3.05) is 13.2 Å². The van der Waals surface area contributed by atoms with Crippen molar-refractivity contribution in [3.63, 3.8) is 0 Å². The molecule has 0 spiro atoms. The molecule has 1 aromatic rings. The second kappa shape index (κ2) is 8.47. The largest absolute Gasteiger partial charge is 0.494 e. The second-order valence-corrected chi connectivity index (χ2v) is 5.88. The fourth-order valence-corrected chi connectivity index (χ4v) is 2.94. The standard InChI is InChI=1S/C18H24N2O4/c1-2-24-14-8-6-13(7-9-14)16(21)10-11-17(22)20-12-4-3-5-15(20)18(19)23/h6-9,15H,2-5,10-12H2,1H3,(H2,19,23). The molecular weight excluding hydrogens is 308 g/mol. The van der Waals surface area contributed by atoms with Crippen molar-refractivity contribution in [3.8, 4) is 5.75 Å². The van der Waals surface area contributed by atoms with Crippen molar-refractivity contribution >= 4 is 17.6 Å². The maximum absolute atomic E-state index is 12.3. The summed E-state index contributed by atoms with van der Waals surface area (Å²) in [6.45, 7) is 2.99. The Morgan fingerprint density at radius 2 is 1.88 bits per heavy atom. The molecule has 1 heterocycles. The van der Waals surface area contributed by atoms with E-state index in [1.165, 1.54) is 4.90 Å². The maximum atomic E-state index is 12.3. The number of ether oxygens (including phenoxy) is 1. The zero-order chi connectivity index (χ0) is 17.5. The molecular formula is C18H24N2O4. The predicted molar refractivity (Wildman–Crippen MR) is 89.7 cm³/mol. The van der Waals surface area contributed by atoms with E-state index in [0.29, 0.717) is 30.9 Å². The molecule has 1 unspecified atom stereocenters. The summed E-state index contributed by atoms with van der Waals surface area (Å²) in [6, 6.07) is 6.35. The highest BCUT2D eigenvalue weighted by Crippen LogP contribution is 2.19. The molecule has 2 rings (SSSR count). The third-order valence-electron chi connectivity index (χ3n) is 4.20. The van der Waals surface area contributed by atoms with Gasteiger partial charge in [0, 0.05) is 24.9 Å². The van der Waals surface area contributed by atoms with Gasteiger partial charge in [0.05, 0.1) is 6.61 Å². The number of nitrogens with zero attached hydrogens (tertiary/aromatic N) is 1. The van der Waals surface area contributed by atoms with E-state index in [9.17, 15) is 14.4 Å². The van der Waals surface area contributed by atoms with Crippen molar-refractivity contribution < 1.29 is 19.1 Å². The first-order valence-corrected chi connectivity index (χ1v) is 8.37. The molecule has 1 saturated heterocycles. The molecule has 2 amide bonds. The van der Waals surface area contributed by atoms with E-state index in [-0.39, 0.29) is 24.5 Å². The molecule has 1 fully saturated rings. The van der Waals surface area contributed by atoms with Crippen LogP contribution in [0, 0.1) is 0 Å². The Hall–Kier alpha value is -2.37. The Bertz CT molecular complexity index is 598. The Kier molecular flexibility index (Phi) is 6.35. The number of carbonyl (C=O) groups is 3. The summed E-state index contributed by atoms with van der Waals surface area (Å²) >= 11 is 0.